The molecule has 0 unspecified atom stereocenters. The summed E-state index contributed by atoms with van der Waals surface area (Å²) in [5.74, 6) is -2.61. The van der Waals surface area contributed by atoms with Gasteiger partial charge in [0, 0.05) is 4.91 Å². The molecule has 0 aliphatic heterocycles. The van der Waals surface area contributed by atoms with E-state index in [-0.39, 0.29) is 16.8 Å². The Bertz CT molecular complexity index is 262. The highest BCUT2D eigenvalue weighted by molar-refractivity contribution is 8.06. The highest BCUT2D eigenvalue weighted by atomic mass is 32.2. The molecule has 0 aliphatic carbocycles. The van der Waals surface area contributed by atoms with E-state index in [1.807, 2.05) is 0 Å². The van der Waals surface area contributed by atoms with Crippen LogP contribution in [0, 0.1) is 5.25 Å². The average molecular weight is 235 g/mol. The van der Waals surface area contributed by atoms with Gasteiger partial charge in [0.15, 0.2) is 5.25 Å². The van der Waals surface area contributed by atoms with Gasteiger partial charge in [-0.15, -0.1) is 11.8 Å². The molecule has 0 bridgehead atoms. The van der Waals surface area contributed by atoms with E-state index < -0.39 is 25.0 Å². The lowest BCUT2D eigenvalue weighted by Gasteiger charge is -2.09. The van der Waals surface area contributed by atoms with Gasteiger partial charge in [0.25, 0.3) is 0 Å². The quantitative estimate of drug-likeness (QED) is 0.478. The summed E-state index contributed by atoms with van der Waals surface area (Å²) in [6.45, 7) is -0.787. The maximum absolute atomic E-state index is 10.6. The van der Waals surface area contributed by atoms with E-state index in [0.717, 1.165) is 0 Å². The Labute approximate surface area is 90.2 Å². The fourth-order valence-corrected chi connectivity index (χ4v) is 1.51. The standard InChI is InChI=1S/C8H11O6S/c9-2-1-5(4-10)15-6(8(13)14)3-7(11)12/h1,9-10H,2-4H2,(H,11,12)(H,13,14)/b5-1+. The molecule has 0 spiro atoms. The van der Waals surface area contributed by atoms with Crippen LogP contribution in [-0.2, 0) is 9.59 Å². The van der Waals surface area contributed by atoms with Gasteiger partial charge in [-0.3, -0.25) is 9.59 Å². The van der Waals surface area contributed by atoms with Crippen LogP contribution in [-0.4, -0.2) is 45.6 Å². The predicted molar refractivity (Wildman–Crippen MR) is 53.0 cm³/mol. The fourth-order valence-electron chi connectivity index (χ4n) is 0.691. The number of thioether (sulfide) groups is 1. The second-order valence-corrected chi connectivity index (χ2v) is 3.63. The van der Waals surface area contributed by atoms with E-state index in [0.29, 0.717) is 11.8 Å². The van der Waals surface area contributed by atoms with Crippen molar-refractivity contribution in [3.8, 4) is 0 Å². The molecule has 0 aromatic heterocycles. The smallest absolute Gasteiger partial charge is 0.322 e. The van der Waals surface area contributed by atoms with Gasteiger partial charge in [0.1, 0.15) is 0 Å². The molecule has 0 amide bonds. The Kier molecular flexibility index (Phi) is 6.76. The molecule has 0 saturated carbocycles. The largest absolute Gasteiger partial charge is 0.481 e. The number of rotatable bonds is 7. The van der Waals surface area contributed by atoms with Gasteiger partial charge in [-0.2, -0.15) is 0 Å². The summed E-state index contributed by atoms with van der Waals surface area (Å²) in [6, 6.07) is 0. The van der Waals surface area contributed by atoms with Crippen molar-refractivity contribution < 1.29 is 30.0 Å². The third-order valence-corrected chi connectivity index (χ3v) is 2.40. The molecule has 15 heavy (non-hydrogen) atoms. The summed E-state index contributed by atoms with van der Waals surface area (Å²) in [7, 11) is 0. The lowest BCUT2D eigenvalue weighted by Crippen LogP contribution is -2.13. The van der Waals surface area contributed by atoms with Crippen molar-refractivity contribution >= 4 is 23.7 Å². The predicted octanol–water partition coefficient (Wildman–Crippen LogP) is -0.321. The summed E-state index contributed by atoms with van der Waals surface area (Å²) in [6.07, 6.45) is 0.595. The minimum Gasteiger partial charge on any atom is -0.481 e. The van der Waals surface area contributed by atoms with Crippen molar-refractivity contribution in [2.75, 3.05) is 13.2 Å². The third kappa shape index (κ3) is 6.10. The molecule has 0 rings (SSSR count). The first-order valence-corrected chi connectivity index (χ1v) is 4.72. The molecule has 4 N–H and O–H groups in total. The zero-order valence-electron chi connectivity index (χ0n) is 7.71. The minimum atomic E-state index is -1.35. The molecule has 0 fully saturated rings. The average Bonchev–Trinajstić information content (AvgIpc) is 2.14. The first-order valence-electron chi connectivity index (χ1n) is 3.90. The van der Waals surface area contributed by atoms with Crippen molar-refractivity contribution in [1.29, 1.82) is 0 Å². The van der Waals surface area contributed by atoms with Gasteiger partial charge in [0.2, 0.25) is 0 Å². The van der Waals surface area contributed by atoms with Gasteiger partial charge >= 0.3 is 11.9 Å². The van der Waals surface area contributed by atoms with Crippen LogP contribution in [0.5, 0.6) is 0 Å². The molecule has 0 aromatic rings. The Morgan fingerprint density at radius 3 is 2.13 bits per heavy atom. The van der Waals surface area contributed by atoms with Crippen LogP contribution < -0.4 is 0 Å². The van der Waals surface area contributed by atoms with Crippen LogP contribution in [0.3, 0.4) is 0 Å². The van der Waals surface area contributed by atoms with Gasteiger partial charge in [0.05, 0.1) is 19.6 Å². The minimum absolute atomic E-state index is 0.205. The lowest BCUT2D eigenvalue weighted by molar-refractivity contribution is -0.140. The van der Waals surface area contributed by atoms with E-state index in [2.05, 4.69) is 0 Å². The van der Waals surface area contributed by atoms with Crippen LogP contribution >= 0.6 is 11.8 Å². The molecule has 0 aromatic carbocycles. The number of aliphatic hydroxyl groups is 2. The van der Waals surface area contributed by atoms with Crippen molar-refractivity contribution in [3.63, 3.8) is 0 Å². The first-order chi connectivity index (χ1) is 7.01. The zero-order valence-corrected chi connectivity index (χ0v) is 8.53. The number of aliphatic carboxylic acids is 2. The van der Waals surface area contributed by atoms with Crippen LogP contribution in [0.2, 0.25) is 0 Å². The van der Waals surface area contributed by atoms with E-state index in [1.54, 1.807) is 0 Å². The molecule has 7 heteroatoms. The van der Waals surface area contributed by atoms with Crippen LogP contribution in [0.4, 0.5) is 0 Å². The van der Waals surface area contributed by atoms with E-state index in [1.165, 1.54) is 6.08 Å². The van der Waals surface area contributed by atoms with E-state index >= 15 is 0 Å². The molecule has 0 atom stereocenters. The number of carbonyl (C=O) groups is 2. The molecule has 0 heterocycles. The van der Waals surface area contributed by atoms with Crippen LogP contribution in [0.1, 0.15) is 6.42 Å². The number of aliphatic hydroxyl groups excluding tert-OH is 2. The monoisotopic (exact) mass is 235 g/mol. The van der Waals surface area contributed by atoms with Gasteiger partial charge in [-0.25, -0.2) is 0 Å². The molecule has 0 aliphatic rings. The van der Waals surface area contributed by atoms with Gasteiger partial charge in [-0.1, -0.05) is 0 Å². The highest BCUT2D eigenvalue weighted by Gasteiger charge is 2.24. The van der Waals surface area contributed by atoms with Crippen molar-refractivity contribution in [2.24, 2.45) is 0 Å². The molecule has 1 radical (unpaired) electrons. The summed E-state index contributed by atoms with van der Waals surface area (Å²) in [5.41, 5.74) is 0. The highest BCUT2D eigenvalue weighted by Crippen LogP contribution is 2.30. The topological polar surface area (TPSA) is 115 Å². The molecule has 85 valence electrons. The van der Waals surface area contributed by atoms with Crippen LogP contribution in [0.25, 0.3) is 0 Å². The van der Waals surface area contributed by atoms with Gasteiger partial charge < -0.3 is 20.4 Å². The molecule has 6 nitrogen and oxygen atoms in total. The molecular formula is C8H11O6S. The maximum atomic E-state index is 10.6. The molecule has 0 saturated heterocycles. The number of hydrogen-bond donors (Lipinski definition) is 4. The summed E-state index contributed by atoms with van der Waals surface area (Å²) >= 11 is 0.638. The first kappa shape index (κ1) is 13.9. The Morgan fingerprint density at radius 1 is 1.20 bits per heavy atom. The number of carboxylic acid groups (broad SMARTS) is 2. The summed E-state index contributed by atoms with van der Waals surface area (Å²) in [5, 5.41) is 34.0. The SMILES string of the molecule is O=C(O)C[C](S/C(=C/CO)CO)C(=O)O. The normalized spacial score (nSPS) is 11.8. The van der Waals surface area contributed by atoms with Crippen LogP contribution in [0.15, 0.2) is 11.0 Å². The number of carboxylic acids is 2. The van der Waals surface area contributed by atoms with E-state index in [9.17, 15) is 9.59 Å². The summed E-state index contributed by atoms with van der Waals surface area (Å²) in [4.78, 5) is 21.1. The Morgan fingerprint density at radius 2 is 1.80 bits per heavy atom. The van der Waals surface area contributed by atoms with Gasteiger partial charge in [-0.05, 0) is 6.08 Å². The summed E-state index contributed by atoms with van der Waals surface area (Å²) < 4.78 is 0. The second kappa shape index (κ2) is 7.27. The van der Waals surface area contributed by atoms with E-state index in [4.69, 9.17) is 20.4 Å². The van der Waals surface area contributed by atoms with Crippen molar-refractivity contribution in [1.82, 2.24) is 0 Å². The fraction of sp³-hybridized carbons (Fsp3) is 0.375. The second-order valence-electron chi connectivity index (χ2n) is 2.41. The Hall–Kier alpha value is -1.05. The maximum Gasteiger partial charge on any atom is 0.322 e. The lowest BCUT2D eigenvalue weighted by atomic mass is 10.3. The Balaban J connectivity index is 4.45. The van der Waals surface area contributed by atoms with Crippen molar-refractivity contribution in [3.05, 3.63) is 16.2 Å². The number of hydrogen-bond acceptors (Lipinski definition) is 5. The third-order valence-electron chi connectivity index (χ3n) is 1.28. The van der Waals surface area contributed by atoms with Crippen molar-refractivity contribution in [2.45, 2.75) is 6.42 Å². The molecular weight excluding hydrogens is 224 g/mol. The zero-order chi connectivity index (χ0) is 11.8.